The highest BCUT2D eigenvalue weighted by Gasteiger charge is 2.13. The molecule has 0 spiro atoms. The van der Waals surface area contributed by atoms with Crippen LogP contribution in [0.1, 0.15) is 5.69 Å². The van der Waals surface area contributed by atoms with Gasteiger partial charge in [-0.1, -0.05) is 23.2 Å². The molecule has 3 N–H and O–H groups in total. The Bertz CT molecular complexity index is 814. The Morgan fingerprint density at radius 1 is 1.24 bits per heavy atom. The maximum absolute atomic E-state index is 10.0. The zero-order chi connectivity index (χ0) is 15.0. The number of benzene rings is 1. The van der Waals surface area contributed by atoms with Crippen LogP contribution in [0.15, 0.2) is 36.7 Å². The Hall–Kier alpha value is -1.75. The summed E-state index contributed by atoms with van der Waals surface area (Å²) < 4.78 is 1.91. The summed E-state index contributed by atoms with van der Waals surface area (Å²) in [5.41, 5.74) is 8.51. The molecule has 0 aliphatic rings. The van der Waals surface area contributed by atoms with Gasteiger partial charge in [0.25, 0.3) is 0 Å². The molecule has 2 aromatic heterocycles. The SMILES string of the molecule is NCCc1cn2ccc(-c3c(O)ccc(Cl)c3Cl)cc2n1. The Morgan fingerprint density at radius 2 is 2.05 bits per heavy atom. The number of phenols is 1. The first-order valence-electron chi connectivity index (χ1n) is 6.45. The van der Waals surface area contributed by atoms with E-state index in [1.165, 1.54) is 6.07 Å². The van der Waals surface area contributed by atoms with Crippen LogP contribution in [0.3, 0.4) is 0 Å². The lowest BCUT2D eigenvalue weighted by molar-refractivity contribution is 0.477. The van der Waals surface area contributed by atoms with Crippen molar-refractivity contribution in [3.8, 4) is 16.9 Å². The summed E-state index contributed by atoms with van der Waals surface area (Å²) in [7, 11) is 0. The molecular formula is C15H13Cl2N3O. The molecule has 0 bridgehead atoms. The van der Waals surface area contributed by atoms with Crippen molar-refractivity contribution in [1.29, 1.82) is 0 Å². The first-order chi connectivity index (χ1) is 10.1. The molecule has 1 aromatic carbocycles. The number of pyridine rings is 1. The minimum atomic E-state index is 0.0856. The largest absolute Gasteiger partial charge is 0.507 e. The first-order valence-corrected chi connectivity index (χ1v) is 7.21. The van der Waals surface area contributed by atoms with Crippen molar-refractivity contribution in [2.24, 2.45) is 5.73 Å². The number of aromatic hydroxyl groups is 1. The molecule has 0 saturated carbocycles. The van der Waals surface area contributed by atoms with Gasteiger partial charge in [-0.25, -0.2) is 4.98 Å². The van der Waals surface area contributed by atoms with E-state index in [2.05, 4.69) is 4.98 Å². The average molecular weight is 322 g/mol. The smallest absolute Gasteiger partial charge is 0.137 e. The van der Waals surface area contributed by atoms with Crippen LogP contribution in [0.2, 0.25) is 10.0 Å². The highest BCUT2D eigenvalue weighted by Crippen LogP contribution is 2.40. The summed E-state index contributed by atoms with van der Waals surface area (Å²) >= 11 is 12.2. The number of nitrogens with zero attached hydrogens (tertiary/aromatic N) is 2. The van der Waals surface area contributed by atoms with Crippen molar-refractivity contribution >= 4 is 28.8 Å². The summed E-state index contributed by atoms with van der Waals surface area (Å²) in [6.07, 6.45) is 4.53. The molecule has 0 amide bonds. The number of nitrogens with two attached hydrogens (primary N) is 1. The Balaban J connectivity index is 2.15. The zero-order valence-corrected chi connectivity index (χ0v) is 12.6. The number of imidazole rings is 1. The molecule has 0 fully saturated rings. The minimum absolute atomic E-state index is 0.0856. The second-order valence-corrected chi connectivity index (χ2v) is 5.49. The highest BCUT2D eigenvalue weighted by atomic mass is 35.5. The van der Waals surface area contributed by atoms with Crippen LogP contribution in [0.25, 0.3) is 16.8 Å². The molecule has 21 heavy (non-hydrogen) atoms. The number of phenolic OH excluding ortho intramolecular Hbond substituents is 1. The van der Waals surface area contributed by atoms with Crippen molar-refractivity contribution in [2.75, 3.05) is 6.54 Å². The number of rotatable bonds is 3. The number of aromatic nitrogens is 2. The quantitative estimate of drug-likeness (QED) is 0.775. The van der Waals surface area contributed by atoms with Crippen LogP contribution >= 0.6 is 23.2 Å². The lowest BCUT2D eigenvalue weighted by atomic mass is 10.1. The van der Waals surface area contributed by atoms with Gasteiger partial charge in [-0.15, -0.1) is 0 Å². The van der Waals surface area contributed by atoms with E-state index in [1.807, 2.05) is 28.9 Å². The number of hydrogen-bond acceptors (Lipinski definition) is 3. The lowest BCUT2D eigenvalue weighted by Crippen LogP contribution is -2.02. The van der Waals surface area contributed by atoms with Gasteiger partial charge < -0.3 is 15.2 Å². The third kappa shape index (κ3) is 2.58. The fourth-order valence-corrected chi connectivity index (χ4v) is 2.70. The van der Waals surface area contributed by atoms with Crippen LogP contribution in [0.4, 0.5) is 0 Å². The second kappa shape index (κ2) is 5.56. The van der Waals surface area contributed by atoms with Crippen molar-refractivity contribution in [2.45, 2.75) is 6.42 Å². The second-order valence-electron chi connectivity index (χ2n) is 4.71. The average Bonchev–Trinajstić information content (AvgIpc) is 2.85. The van der Waals surface area contributed by atoms with Gasteiger partial charge in [0.05, 0.1) is 15.7 Å². The maximum atomic E-state index is 10.0. The molecule has 0 atom stereocenters. The molecule has 6 heteroatoms. The Labute approximate surface area is 131 Å². The van der Waals surface area contributed by atoms with Crippen molar-refractivity contribution < 1.29 is 5.11 Å². The van der Waals surface area contributed by atoms with Gasteiger partial charge >= 0.3 is 0 Å². The third-order valence-electron chi connectivity index (χ3n) is 3.27. The van der Waals surface area contributed by atoms with Gasteiger partial charge in [0.1, 0.15) is 11.4 Å². The van der Waals surface area contributed by atoms with E-state index in [1.54, 1.807) is 6.07 Å². The lowest BCUT2D eigenvalue weighted by Gasteiger charge is -2.09. The van der Waals surface area contributed by atoms with Gasteiger partial charge in [0.2, 0.25) is 0 Å². The predicted octanol–water partition coefficient (Wildman–Crippen LogP) is 3.51. The van der Waals surface area contributed by atoms with Crippen LogP contribution in [-0.2, 0) is 6.42 Å². The number of hydrogen-bond donors (Lipinski definition) is 2. The molecule has 3 rings (SSSR count). The number of halogens is 2. The van der Waals surface area contributed by atoms with Gasteiger partial charge in [0, 0.05) is 24.4 Å². The van der Waals surface area contributed by atoms with Crippen LogP contribution in [0, 0.1) is 0 Å². The van der Waals surface area contributed by atoms with Crippen LogP contribution in [-0.4, -0.2) is 21.0 Å². The van der Waals surface area contributed by atoms with E-state index in [4.69, 9.17) is 28.9 Å². The molecule has 108 valence electrons. The summed E-state index contributed by atoms with van der Waals surface area (Å²) in [5.74, 6) is 0.0856. The molecule has 0 unspecified atom stereocenters. The molecule has 0 aliphatic carbocycles. The molecule has 0 aliphatic heterocycles. The van der Waals surface area contributed by atoms with Crippen molar-refractivity contribution in [1.82, 2.24) is 9.38 Å². The standard InChI is InChI=1S/C15H13Cl2N3O/c16-11-1-2-12(21)14(15(11)17)9-4-6-20-8-10(3-5-18)19-13(20)7-9/h1-2,4,6-8,21H,3,5,18H2. The predicted molar refractivity (Wildman–Crippen MR) is 85.1 cm³/mol. The van der Waals surface area contributed by atoms with Crippen molar-refractivity contribution in [3.63, 3.8) is 0 Å². The summed E-state index contributed by atoms with van der Waals surface area (Å²) in [4.78, 5) is 4.50. The van der Waals surface area contributed by atoms with Gasteiger partial charge in [-0.2, -0.15) is 0 Å². The zero-order valence-electron chi connectivity index (χ0n) is 11.1. The molecule has 0 radical (unpaired) electrons. The topological polar surface area (TPSA) is 63.5 Å². The Kier molecular flexibility index (Phi) is 3.76. The van der Waals surface area contributed by atoms with Crippen molar-refractivity contribution in [3.05, 3.63) is 52.4 Å². The van der Waals surface area contributed by atoms with Gasteiger partial charge in [-0.05, 0) is 36.4 Å². The summed E-state index contributed by atoms with van der Waals surface area (Å²) in [6, 6.07) is 6.81. The van der Waals surface area contributed by atoms with Crippen LogP contribution in [0.5, 0.6) is 5.75 Å². The molecule has 0 saturated heterocycles. The maximum Gasteiger partial charge on any atom is 0.137 e. The van der Waals surface area contributed by atoms with E-state index >= 15 is 0 Å². The molecule has 2 heterocycles. The molecule has 3 aromatic rings. The van der Waals surface area contributed by atoms with Gasteiger partial charge in [-0.3, -0.25) is 0 Å². The van der Waals surface area contributed by atoms with E-state index < -0.39 is 0 Å². The summed E-state index contributed by atoms with van der Waals surface area (Å²) in [6.45, 7) is 0.553. The normalized spacial score (nSPS) is 11.2. The van der Waals surface area contributed by atoms with E-state index in [9.17, 15) is 5.11 Å². The van der Waals surface area contributed by atoms with E-state index in [-0.39, 0.29) is 5.75 Å². The summed E-state index contributed by atoms with van der Waals surface area (Å²) in [5, 5.41) is 10.8. The first kappa shape index (κ1) is 14.2. The van der Waals surface area contributed by atoms with E-state index in [0.29, 0.717) is 22.2 Å². The minimum Gasteiger partial charge on any atom is -0.507 e. The molecular weight excluding hydrogens is 309 g/mol. The van der Waals surface area contributed by atoms with E-state index in [0.717, 1.165) is 23.3 Å². The Morgan fingerprint density at radius 3 is 2.81 bits per heavy atom. The molecule has 4 nitrogen and oxygen atoms in total. The fraction of sp³-hybridized carbons (Fsp3) is 0.133. The van der Waals surface area contributed by atoms with Crippen LogP contribution < -0.4 is 5.73 Å². The monoisotopic (exact) mass is 321 g/mol. The van der Waals surface area contributed by atoms with Gasteiger partial charge in [0.15, 0.2) is 0 Å². The number of fused-ring (bicyclic) bond motifs is 1. The highest BCUT2D eigenvalue weighted by molar-refractivity contribution is 6.44. The third-order valence-corrected chi connectivity index (χ3v) is 4.08. The fourth-order valence-electron chi connectivity index (χ4n) is 2.27.